The standard InChI is InChI=1S/C14H22N4O/c1-15-14-3-2-12(8-16-14)9-17-4-5-18-6-7-19-11-13(18)10-17/h2-3,8,13H,4-7,9-11H2,1H3,(H,15,16). The van der Waals surface area contributed by atoms with Gasteiger partial charge in [-0.2, -0.15) is 0 Å². The number of hydrogen-bond acceptors (Lipinski definition) is 5. The Morgan fingerprint density at radius 3 is 3.11 bits per heavy atom. The minimum Gasteiger partial charge on any atom is -0.378 e. The number of nitrogens with one attached hydrogen (secondary N) is 1. The number of ether oxygens (including phenoxy) is 1. The first-order valence-electron chi connectivity index (χ1n) is 7.02. The van der Waals surface area contributed by atoms with Gasteiger partial charge in [-0.1, -0.05) is 6.07 Å². The van der Waals surface area contributed by atoms with E-state index in [1.165, 1.54) is 5.56 Å². The number of piperazine rings is 1. The van der Waals surface area contributed by atoms with E-state index in [1.54, 1.807) is 0 Å². The Morgan fingerprint density at radius 1 is 1.37 bits per heavy atom. The van der Waals surface area contributed by atoms with Crippen LogP contribution in [0.2, 0.25) is 0 Å². The van der Waals surface area contributed by atoms with Crippen LogP contribution in [-0.4, -0.2) is 67.3 Å². The average molecular weight is 262 g/mol. The Labute approximate surface area is 114 Å². The predicted molar refractivity (Wildman–Crippen MR) is 75.2 cm³/mol. The van der Waals surface area contributed by atoms with Gasteiger partial charge in [0.05, 0.1) is 13.2 Å². The van der Waals surface area contributed by atoms with Crippen LogP contribution < -0.4 is 5.32 Å². The molecular formula is C14H22N4O. The van der Waals surface area contributed by atoms with Crippen molar-refractivity contribution in [1.82, 2.24) is 14.8 Å². The second kappa shape index (κ2) is 5.86. The summed E-state index contributed by atoms with van der Waals surface area (Å²) in [5.41, 5.74) is 1.28. The first kappa shape index (κ1) is 12.8. The lowest BCUT2D eigenvalue weighted by molar-refractivity contribution is -0.0461. The summed E-state index contributed by atoms with van der Waals surface area (Å²) < 4.78 is 5.58. The summed E-state index contributed by atoms with van der Waals surface area (Å²) in [5.74, 6) is 0.925. The highest BCUT2D eigenvalue weighted by Gasteiger charge is 2.29. The summed E-state index contributed by atoms with van der Waals surface area (Å²) in [7, 11) is 1.89. The van der Waals surface area contributed by atoms with Crippen molar-refractivity contribution in [2.45, 2.75) is 12.6 Å². The zero-order valence-corrected chi connectivity index (χ0v) is 11.5. The monoisotopic (exact) mass is 262 g/mol. The first-order chi connectivity index (χ1) is 9.35. The molecule has 1 unspecified atom stereocenters. The van der Waals surface area contributed by atoms with E-state index in [2.05, 4.69) is 26.2 Å². The topological polar surface area (TPSA) is 40.6 Å². The maximum absolute atomic E-state index is 5.58. The third-order valence-corrected chi connectivity index (χ3v) is 4.01. The molecule has 104 valence electrons. The SMILES string of the molecule is CNc1ccc(CN2CCN3CCOCC3C2)cn1. The highest BCUT2D eigenvalue weighted by atomic mass is 16.5. The second-order valence-electron chi connectivity index (χ2n) is 5.30. The van der Waals surface area contributed by atoms with Crippen molar-refractivity contribution in [3.05, 3.63) is 23.9 Å². The van der Waals surface area contributed by atoms with Crippen LogP contribution in [0.1, 0.15) is 5.56 Å². The van der Waals surface area contributed by atoms with Crippen LogP contribution in [0.5, 0.6) is 0 Å². The number of aromatic nitrogens is 1. The molecule has 19 heavy (non-hydrogen) atoms. The summed E-state index contributed by atoms with van der Waals surface area (Å²) in [6.45, 7) is 7.27. The lowest BCUT2D eigenvalue weighted by Crippen LogP contribution is -2.57. The number of morpholine rings is 1. The molecule has 0 aromatic carbocycles. The Morgan fingerprint density at radius 2 is 2.32 bits per heavy atom. The molecule has 5 heteroatoms. The molecule has 0 spiro atoms. The summed E-state index contributed by atoms with van der Waals surface area (Å²) in [6, 6.07) is 4.77. The van der Waals surface area contributed by atoms with Gasteiger partial charge in [-0.15, -0.1) is 0 Å². The number of fused-ring (bicyclic) bond motifs is 1. The molecule has 0 aliphatic carbocycles. The molecule has 3 rings (SSSR count). The molecule has 5 nitrogen and oxygen atoms in total. The molecule has 3 heterocycles. The Kier molecular flexibility index (Phi) is 3.96. The van der Waals surface area contributed by atoms with E-state index in [9.17, 15) is 0 Å². The molecule has 1 aromatic rings. The van der Waals surface area contributed by atoms with E-state index in [0.29, 0.717) is 6.04 Å². The molecule has 0 bridgehead atoms. The van der Waals surface area contributed by atoms with Gasteiger partial charge in [-0.3, -0.25) is 9.80 Å². The van der Waals surface area contributed by atoms with Gasteiger partial charge in [0.2, 0.25) is 0 Å². The molecule has 0 saturated carbocycles. The fraction of sp³-hybridized carbons (Fsp3) is 0.643. The fourth-order valence-electron chi connectivity index (χ4n) is 2.88. The van der Waals surface area contributed by atoms with Crippen LogP contribution in [0, 0.1) is 0 Å². The molecule has 2 fully saturated rings. The van der Waals surface area contributed by atoms with Crippen molar-refractivity contribution in [1.29, 1.82) is 0 Å². The lowest BCUT2D eigenvalue weighted by atomic mass is 10.1. The van der Waals surface area contributed by atoms with Crippen LogP contribution >= 0.6 is 0 Å². The van der Waals surface area contributed by atoms with E-state index in [4.69, 9.17) is 4.74 Å². The minimum absolute atomic E-state index is 0.576. The molecule has 2 aliphatic heterocycles. The van der Waals surface area contributed by atoms with E-state index in [1.807, 2.05) is 19.3 Å². The van der Waals surface area contributed by atoms with Crippen molar-refractivity contribution in [3.63, 3.8) is 0 Å². The average Bonchev–Trinajstić information content (AvgIpc) is 2.48. The van der Waals surface area contributed by atoms with Gasteiger partial charge < -0.3 is 10.1 Å². The van der Waals surface area contributed by atoms with Gasteiger partial charge in [0, 0.05) is 52.0 Å². The number of hydrogen-bond donors (Lipinski definition) is 1. The largest absolute Gasteiger partial charge is 0.378 e. The second-order valence-corrected chi connectivity index (χ2v) is 5.30. The zero-order valence-electron chi connectivity index (χ0n) is 11.5. The van der Waals surface area contributed by atoms with Crippen molar-refractivity contribution in [2.75, 3.05) is 51.8 Å². The van der Waals surface area contributed by atoms with Crippen LogP contribution in [0.15, 0.2) is 18.3 Å². The van der Waals surface area contributed by atoms with Gasteiger partial charge in [0.1, 0.15) is 5.82 Å². The molecule has 1 atom stereocenters. The summed E-state index contributed by atoms with van der Waals surface area (Å²) in [4.78, 5) is 9.44. The van der Waals surface area contributed by atoms with Crippen molar-refractivity contribution < 1.29 is 4.74 Å². The zero-order chi connectivity index (χ0) is 13.1. The molecule has 0 radical (unpaired) electrons. The number of nitrogens with zero attached hydrogens (tertiary/aromatic N) is 3. The molecule has 2 saturated heterocycles. The molecule has 2 aliphatic rings. The van der Waals surface area contributed by atoms with E-state index >= 15 is 0 Å². The van der Waals surface area contributed by atoms with Crippen LogP contribution in [0.25, 0.3) is 0 Å². The molecule has 0 amide bonds. The maximum Gasteiger partial charge on any atom is 0.125 e. The smallest absolute Gasteiger partial charge is 0.125 e. The molecule has 1 aromatic heterocycles. The number of pyridine rings is 1. The van der Waals surface area contributed by atoms with Crippen LogP contribution in [0.3, 0.4) is 0 Å². The molecule has 1 N–H and O–H groups in total. The lowest BCUT2D eigenvalue weighted by Gasteiger charge is -2.43. The van der Waals surface area contributed by atoms with Crippen LogP contribution in [-0.2, 0) is 11.3 Å². The van der Waals surface area contributed by atoms with E-state index in [-0.39, 0.29) is 0 Å². The number of rotatable bonds is 3. The van der Waals surface area contributed by atoms with Crippen molar-refractivity contribution >= 4 is 5.82 Å². The van der Waals surface area contributed by atoms with Gasteiger partial charge in [-0.05, 0) is 11.6 Å². The summed E-state index contributed by atoms with van der Waals surface area (Å²) in [6.07, 6.45) is 1.97. The highest BCUT2D eigenvalue weighted by Crippen LogP contribution is 2.16. The Balaban J connectivity index is 1.57. The van der Waals surface area contributed by atoms with Crippen LogP contribution in [0.4, 0.5) is 5.82 Å². The normalized spacial score (nSPS) is 25.0. The van der Waals surface area contributed by atoms with Gasteiger partial charge in [0.25, 0.3) is 0 Å². The Hall–Kier alpha value is -1.17. The first-order valence-corrected chi connectivity index (χ1v) is 7.02. The fourth-order valence-corrected chi connectivity index (χ4v) is 2.88. The summed E-state index contributed by atoms with van der Waals surface area (Å²) in [5, 5.41) is 3.05. The minimum atomic E-state index is 0.576. The molecular weight excluding hydrogens is 240 g/mol. The maximum atomic E-state index is 5.58. The van der Waals surface area contributed by atoms with Gasteiger partial charge >= 0.3 is 0 Å². The Bertz CT molecular complexity index is 408. The summed E-state index contributed by atoms with van der Waals surface area (Å²) >= 11 is 0. The quantitative estimate of drug-likeness (QED) is 0.866. The van der Waals surface area contributed by atoms with E-state index < -0.39 is 0 Å². The van der Waals surface area contributed by atoms with Crippen molar-refractivity contribution in [3.8, 4) is 0 Å². The predicted octanol–water partition coefficient (Wildman–Crippen LogP) is 0.640. The van der Waals surface area contributed by atoms with Crippen molar-refractivity contribution in [2.24, 2.45) is 0 Å². The number of anilines is 1. The van der Waals surface area contributed by atoms with Gasteiger partial charge in [0.15, 0.2) is 0 Å². The third kappa shape index (κ3) is 3.05. The van der Waals surface area contributed by atoms with E-state index in [0.717, 1.165) is 51.8 Å². The van der Waals surface area contributed by atoms with Gasteiger partial charge in [-0.25, -0.2) is 4.98 Å². The third-order valence-electron chi connectivity index (χ3n) is 4.01. The highest BCUT2D eigenvalue weighted by molar-refractivity contribution is 5.34.